The fraction of sp³-hybridized carbons (Fsp3) is 0.867. The van der Waals surface area contributed by atoms with Gasteiger partial charge in [0.1, 0.15) is 0 Å². The molecule has 1 unspecified atom stereocenters. The largest absolute Gasteiger partial charge is 0.313 e. The summed E-state index contributed by atoms with van der Waals surface area (Å²) in [5, 5.41) is 5.05. The van der Waals surface area contributed by atoms with Crippen molar-refractivity contribution in [2.24, 2.45) is 0 Å². The average Bonchev–Trinajstić information content (AvgIpc) is 2.73. The zero-order valence-corrected chi connectivity index (χ0v) is 12.0. The molecule has 1 atom stereocenters. The molecule has 0 saturated carbocycles. The van der Waals surface area contributed by atoms with Crippen LogP contribution in [-0.4, -0.2) is 29.1 Å². The fourth-order valence-electron chi connectivity index (χ4n) is 2.37. The molecule has 0 aliphatic carbocycles. The maximum atomic E-state index is 2.59. The number of nitrogens with zero attached hydrogens (tertiary/aromatic N) is 2. The van der Waals surface area contributed by atoms with Gasteiger partial charge in [-0.25, -0.2) is 5.01 Å². The van der Waals surface area contributed by atoms with Crippen molar-refractivity contribution in [2.75, 3.05) is 13.1 Å². The van der Waals surface area contributed by atoms with Gasteiger partial charge in [-0.05, 0) is 25.3 Å². The molecule has 1 heterocycles. The number of hydrazine groups is 1. The number of rotatable bonds is 9. The molecule has 0 amide bonds. The Balaban J connectivity index is 2.44. The van der Waals surface area contributed by atoms with Crippen molar-refractivity contribution in [1.29, 1.82) is 0 Å². The third-order valence-electron chi connectivity index (χ3n) is 3.53. The van der Waals surface area contributed by atoms with Gasteiger partial charge in [-0.1, -0.05) is 46.5 Å². The summed E-state index contributed by atoms with van der Waals surface area (Å²) in [5.41, 5.74) is 0. The van der Waals surface area contributed by atoms with Crippen LogP contribution in [-0.2, 0) is 0 Å². The molecule has 1 rings (SSSR count). The molecule has 0 saturated heterocycles. The molecule has 2 nitrogen and oxygen atoms in total. The van der Waals surface area contributed by atoms with Crippen molar-refractivity contribution in [1.82, 2.24) is 10.0 Å². The van der Waals surface area contributed by atoms with E-state index in [9.17, 15) is 0 Å². The Morgan fingerprint density at radius 3 is 2.18 bits per heavy atom. The van der Waals surface area contributed by atoms with E-state index in [1.807, 2.05) is 0 Å². The lowest BCUT2D eigenvalue weighted by Crippen LogP contribution is -2.42. The second kappa shape index (κ2) is 8.57. The van der Waals surface area contributed by atoms with Crippen LogP contribution in [0.4, 0.5) is 0 Å². The molecule has 0 spiro atoms. The molecule has 0 radical (unpaired) electrons. The summed E-state index contributed by atoms with van der Waals surface area (Å²) in [7, 11) is 0. The van der Waals surface area contributed by atoms with Crippen LogP contribution in [0.15, 0.2) is 12.3 Å². The van der Waals surface area contributed by atoms with Crippen molar-refractivity contribution in [3.63, 3.8) is 0 Å². The first-order chi connectivity index (χ1) is 8.33. The van der Waals surface area contributed by atoms with Crippen molar-refractivity contribution in [2.45, 2.75) is 71.8 Å². The standard InChI is InChI=1S/C15H30N2/c1-4-7-10-15-11-14-16(12-8-5-2)17(15)13-9-6-3/h11,14-15H,4-10,12-13H2,1-3H3. The average molecular weight is 238 g/mol. The zero-order chi connectivity index (χ0) is 12.5. The quantitative estimate of drug-likeness (QED) is 0.594. The molecular weight excluding hydrogens is 208 g/mol. The summed E-state index contributed by atoms with van der Waals surface area (Å²) in [6.07, 6.45) is 13.9. The molecule has 0 aromatic heterocycles. The van der Waals surface area contributed by atoms with Gasteiger partial charge < -0.3 is 5.01 Å². The normalized spacial score (nSPS) is 20.4. The van der Waals surface area contributed by atoms with E-state index < -0.39 is 0 Å². The lowest BCUT2D eigenvalue weighted by atomic mass is 10.1. The Labute approximate surface area is 108 Å². The topological polar surface area (TPSA) is 6.48 Å². The van der Waals surface area contributed by atoms with Gasteiger partial charge in [0.25, 0.3) is 0 Å². The lowest BCUT2D eigenvalue weighted by molar-refractivity contribution is 0.0105. The van der Waals surface area contributed by atoms with Gasteiger partial charge in [0.15, 0.2) is 0 Å². The second-order valence-electron chi connectivity index (χ2n) is 5.08. The molecule has 17 heavy (non-hydrogen) atoms. The maximum Gasteiger partial charge on any atom is 0.0490 e. The summed E-state index contributed by atoms with van der Waals surface area (Å²) in [5.74, 6) is 0. The predicted molar refractivity (Wildman–Crippen MR) is 75.7 cm³/mol. The molecule has 0 aromatic carbocycles. The van der Waals surface area contributed by atoms with Gasteiger partial charge >= 0.3 is 0 Å². The second-order valence-corrected chi connectivity index (χ2v) is 5.08. The van der Waals surface area contributed by atoms with Crippen LogP contribution in [0.2, 0.25) is 0 Å². The first kappa shape index (κ1) is 14.6. The maximum absolute atomic E-state index is 2.59. The van der Waals surface area contributed by atoms with E-state index in [2.05, 4.69) is 43.1 Å². The summed E-state index contributed by atoms with van der Waals surface area (Å²) < 4.78 is 0. The van der Waals surface area contributed by atoms with E-state index in [0.717, 1.165) is 0 Å². The smallest absolute Gasteiger partial charge is 0.0490 e. The van der Waals surface area contributed by atoms with E-state index >= 15 is 0 Å². The van der Waals surface area contributed by atoms with Gasteiger partial charge in [-0.3, -0.25) is 0 Å². The molecular formula is C15H30N2. The highest BCUT2D eigenvalue weighted by Crippen LogP contribution is 2.21. The van der Waals surface area contributed by atoms with Crippen molar-refractivity contribution in [3.05, 3.63) is 12.3 Å². The van der Waals surface area contributed by atoms with Gasteiger partial charge in [-0.15, -0.1) is 0 Å². The molecule has 0 fully saturated rings. The van der Waals surface area contributed by atoms with Crippen LogP contribution in [0.5, 0.6) is 0 Å². The molecule has 100 valence electrons. The minimum atomic E-state index is 0.665. The molecule has 0 bridgehead atoms. The highest BCUT2D eigenvalue weighted by molar-refractivity contribution is 5.00. The van der Waals surface area contributed by atoms with E-state index in [4.69, 9.17) is 0 Å². The van der Waals surface area contributed by atoms with E-state index in [-0.39, 0.29) is 0 Å². The monoisotopic (exact) mass is 238 g/mol. The predicted octanol–water partition coefficient (Wildman–Crippen LogP) is 4.19. The first-order valence-electron chi connectivity index (χ1n) is 7.55. The fourth-order valence-corrected chi connectivity index (χ4v) is 2.37. The summed E-state index contributed by atoms with van der Waals surface area (Å²) >= 11 is 0. The Bertz CT molecular complexity index is 195. The lowest BCUT2D eigenvalue weighted by Gasteiger charge is -2.34. The first-order valence-corrected chi connectivity index (χ1v) is 7.55. The highest BCUT2D eigenvalue weighted by atomic mass is 15.6. The van der Waals surface area contributed by atoms with Crippen molar-refractivity contribution >= 4 is 0 Å². The summed E-state index contributed by atoms with van der Waals surface area (Å²) in [6.45, 7) is 9.25. The van der Waals surface area contributed by atoms with Crippen molar-refractivity contribution in [3.8, 4) is 0 Å². The zero-order valence-electron chi connectivity index (χ0n) is 12.0. The van der Waals surface area contributed by atoms with E-state index in [0.29, 0.717) is 6.04 Å². The summed E-state index contributed by atoms with van der Waals surface area (Å²) in [4.78, 5) is 0. The molecule has 0 aromatic rings. The van der Waals surface area contributed by atoms with Gasteiger partial charge in [0.2, 0.25) is 0 Å². The van der Waals surface area contributed by atoms with Gasteiger partial charge in [0, 0.05) is 25.3 Å². The van der Waals surface area contributed by atoms with Crippen LogP contribution >= 0.6 is 0 Å². The van der Waals surface area contributed by atoms with Crippen LogP contribution in [0, 0.1) is 0 Å². The summed E-state index contributed by atoms with van der Waals surface area (Å²) in [6, 6.07) is 0.665. The minimum absolute atomic E-state index is 0.665. The third kappa shape index (κ3) is 4.71. The van der Waals surface area contributed by atoms with Crippen LogP contribution < -0.4 is 0 Å². The van der Waals surface area contributed by atoms with Gasteiger partial charge in [0.05, 0.1) is 0 Å². The molecule has 0 N–H and O–H groups in total. The molecule has 1 aliphatic heterocycles. The number of unbranched alkanes of at least 4 members (excludes halogenated alkanes) is 3. The van der Waals surface area contributed by atoms with Crippen molar-refractivity contribution < 1.29 is 0 Å². The Morgan fingerprint density at radius 1 is 0.882 bits per heavy atom. The van der Waals surface area contributed by atoms with Gasteiger partial charge in [-0.2, -0.15) is 0 Å². The minimum Gasteiger partial charge on any atom is -0.313 e. The van der Waals surface area contributed by atoms with Crippen LogP contribution in [0.3, 0.4) is 0 Å². The SMILES string of the molecule is CCCCC1C=CN(CCCC)N1CCCC. The number of hydrogen-bond donors (Lipinski definition) is 0. The van der Waals surface area contributed by atoms with Crippen LogP contribution in [0.1, 0.15) is 65.7 Å². The Kier molecular flexibility index (Phi) is 7.34. The van der Waals surface area contributed by atoms with E-state index in [1.54, 1.807) is 0 Å². The number of hydrogen-bond acceptors (Lipinski definition) is 2. The molecule has 1 aliphatic rings. The Morgan fingerprint density at radius 2 is 1.53 bits per heavy atom. The molecule has 2 heteroatoms. The highest BCUT2D eigenvalue weighted by Gasteiger charge is 2.24. The van der Waals surface area contributed by atoms with Crippen LogP contribution in [0.25, 0.3) is 0 Å². The van der Waals surface area contributed by atoms with E-state index in [1.165, 1.54) is 58.0 Å². The third-order valence-corrected chi connectivity index (χ3v) is 3.53. The Hall–Kier alpha value is -0.500.